The van der Waals surface area contributed by atoms with Crippen LogP contribution in [-0.4, -0.2) is 0 Å². The van der Waals surface area contributed by atoms with E-state index >= 15 is 0 Å². The SMILES string of the molecule is Cc1ccc(N(c2ccc(C)cc2)c2cc(N(c3ccccc3)c3ccc(C)cc3)c3c(c2)C(c2ccccc2)(c2ccc4ccccc4c2)c2ccccc2-3)cc1. The molecule has 0 aliphatic heterocycles. The Balaban J connectivity index is 1.38. The molecule has 0 bridgehead atoms. The summed E-state index contributed by atoms with van der Waals surface area (Å²) in [5.74, 6) is 0. The first kappa shape index (κ1) is 35.3. The predicted octanol–water partition coefficient (Wildman–Crippen LogP) is 15.1. The molecule has 0 aromatic heterocycles. The summed E-state index contributed by atoms with van der Waals surface area (Å²) in [6.45, 7) is 6.47. The highest BCUT2D eigenvalue weighted by atomic mass is 15.2. The van der Waals surface area contributed by atoms with E-state index in [1.807, 2.05) is 0 Å². The fourth-order valence-electron chi connectivity index (χ4n) is 9.10. The van der Waals surface area contributed by atoms with Gasteiger partial charge in [0.25, 0.3) is 0 Å². The van der Waals surface area contributed by atoms with Crippen LogP contribution in [0.25, 0.3) is 21.9 Å². The van der Waals surface area contributed by atoms with Crippen molar-refractivity contribution in [3.8, 4) is 11.1 Å². The standard InChI is InChI=1S/C56H44N2/c1-39-22-30-47(31-23-39)57(48-32-24-40(2)25-33-48)50-37-53-55(54(38-50)58(46-18-8-5-9-19-46)49-34-26-41(3)27-35-49)51-20-12-13-21-52(51)56(53,44-16-6-4-7-17-44)45-29-28-42-14-10-11-15-43(42)36-45/h4-38H,1-3H3. The van der Waals surface area contributed by atoms with Gasteiger partial charge in [0.05, 0.1) is 11.1 Å². The number of rotatable bonds is 8. The third kappa shape index (κ3) is 5.88. The summed E-state index contributed by atoms with van der Waals surface area (Å²) in [6.07, 6.45) is 0. The van der Waals surface area contributed by atoms with E-state index in [1.165, 1.54) is 60.8 Å². The van der Waals surface area contributed by atoms with Crippen LogP contribution in [0.5, 0.6) is 0 Å². The first-order chi connectivity index (χ1) is 28.5. The minimum absolute atomic E-state index is 0.635. The average molecular weight is 745 g/mol. The third-order valence-corrected chi connectivity index (χ3v) is 11.9. The second kappa shape index (κ2) is 14.4. The molecule has 1 atom stereocenters. The first-order valence-corrected chi connectivity index (χ1v) is 20.2. The molecule has 1 aliphatic rings. The minimum Gasteiger partial charge on any atom is -0.310 e. The molecule has 0 saturated heterocycles. The van der Waals surface area contributed by atoms with E-state index in [9.17, 15) is 0 Å². The van der Waals surface area contributed by atoms with Crippen LogP contribution in [0.1, 0.15) is 38.9 Å². The molecule has 2 heteroatoms. The van der Waals surface area contributed by atoms with E-state index in [0.29, 0.717) is 0 Å². The number of fused-ring (bicyclic) bond motifs is 4. The van der Waals surface area contributed by atoms with E-state index in [-0.39, 0.29) is 0 Å². The van der Waals surface area contributed by atoms with Crippen LogP contribution in [-0.2, 0) is 5.41 Å². The van der Waals surface area contributed by atoms with Gasteiger partial charge in [-0.2, -0.15) is 0 Å². The molecular weight excluding hydrogens is 701 g/mol. The van der Waals surface area contributed by atoms with Crippen LogP contribution >= 0.6 is 0 Å². The number of aryl methyl sites for hydroxylation is 3. The summed E-state index contributed by atoms with van der Waals surface area (Å²) < 4.78 is 0. The number of hydrogen-bond acceptors (Lipinski definition) is 2. The molecule has 0 heterocycles. The largest absolute Gasteiger partial charge is 0.310 e. The number of para-hydroxylation sites is 1. The van der Waals surface area contributed by atoms with E-state index in [0.717, 1.165) is 34.1 Å². The molecule has 1 aliphatic carbocycles. The topological polar surface area (TPSA) is 6.48 Å². The average Bonchev–Trinajstić information content (AvgIpc) is 3.57. The Morgan fingerprint density at radius 2 is 0.828 bits per heavy atom. The Labute approximate surface area is 341 Å². The second-order valence-corrected chi connectivity index (χ2v) is 15.6. The van der Waals surface area contributed by atoms with E-state index in [1.54, 1.807) is 0 Å². The van der Waals surface area contributed by atoms with Gasteiger partial charge in [0.15, 0.2) is 0 Å². The molecule has 2 nitrogen and oxygen atoms in total. The zero-order valence-corrected chi connectivity index (χ0v) is 33.1. The van der Waals surface area contributed by atoms with Gasteiger partial charge in [0.1, 0.15) is 0 Å². The van der Waals surface area contributed by atoms with Crippen LogP contribution in [0.15, 0.2) is 212 Å². The number of benzene rings is 9. The smallest absolute Gasteiger partial charge is 0.0715 e. The van der Waals surface area contributed by atoms with Crippen LogP contribution in [0, 0.1) is 20.8 Å². The lowest BCUT2D eigenvalue weighted by atomic mass is 9.67. The summed E-state index contributed by atoms with van der Waals surface area (Å²) in [5, 5.41) is 2.46. The molecule has 58 heavy (non-hydrogen) atoms. The Hall–Kier alpha value is -7.16. The van der Waals surface area contributed by atoms with Crippen molar-refractivity contribution < 1.29 is 0 Å². The van der Waals surface area contributed by atoms with Crippen molar-refractivity contribution in [1.82, 2.24) is 0 Å². The van der Waals surface area contributed by atoms with E-state index in [4.69, 9.17) is 0 Å². The van der Waals surface area contributed by atoms with Gasteiger partial charge in [0, 0.05) is 34.0 Å². The quantitative estimate of drug-likeness (QED) is 0.153. The Morgan fingerprint density at radius 3 is 1.45 bits per heavy atom. The van der Waals surface area contributed by atoms with Crippen molar-refractivity contribution in [1.29, 1.82) is 0 Å². The summed E-state index contributed by atoms with van der Waals surface area (Å²) in [6, 6.07) is 78.6. The molecule has 278 valence electrons. The van der Waals surface area contributed by atoms with Crippen LogP contribution < -0.4 is 9.80 Å². The molecule has 0 fully saturated rings. The molecule has 0 spiro atoms. The molecule has 9 aromatic rings. The number of nitrogens with zero attached hydrogens (tertiary/aromatic N) is 2. The van der Waals surface area contributed by atoms with Crippen molar-refractivity contribution >= 4 is 44.9 Å². The lowest BCUT2D eigenvalue weighted by Gasteiger charge is -2.36. The first-order valence-electron chi connectivity index (χ1n) is 20.2. The maximum absolute atomic E-state index is 2.49. The maximum atomic E-state index is 2.49. The zero-order valence-electron chi connectivity index (χ0n) is 33.1. The summed E-state index contributed by atoms with van der Waals surface area (Å²) in [4.78, 5) is 4.89. The van der Waals surface area contributed by atoms with Gasteiger partial charge in [0.2, 0.25) is 0 Å². The molecule has 0 saturated carbocycles. The van der Waals surface area contributed by atoms with E-state index < -0.39 is 5.41 Å². The summed E-state index contributed by atoms with van der Waals surface area (Å²) >= 11 is 0. The van der Waals surface area contributed by atoms with Crippen LogP contribution in [0.3, 0.4) is 0 Å². The molecule has 0 radical (unpaired) electrons. The molecule has 9 aromatic carbocycles. The van der Waals surface area contributed by atoms with Gasteiger partial charge in [-0.25, -0.2) is 0 Å². The predicted molar refractivity (Wildman–Crippen MR) is 245 cm³/mol. The van der Waals surface area contributed by atoms with Gasteiger partial charge < -0.3 is 9.80 Å². The highest BCUT2D eigenvalue weighted by Gasteiger charge is 2.48. The summed E-state index contributed by atoms with van der Waals surface area (Å²) in [7, 11) is 0. The lowest BCUT2D eigenvalue weighted by Crippen LogP contribution is -2.29. The summed E-state index contributed by atoms with van der Waals surface area (Å²) in [5.41, 5.74) is 17.1. The Bertz CT molecular complexity index is 2850. The van der Waals surface area contributed by atoms with Gasteiger partial charge in [-0.3, -0.25) is 0 Å². The van der Waals surface area contributed by atoms with Crippen molar-refractivity contribution in [2.45, 2.75) is 26.2 Å². The zero-order chi connectivity index (χ0) is 39.2. The minimum atomic E-state index is -0.635. The maximum Gasteiger partial charge on any atom is 0.0715 e. The fraction of sp³-hybridized carbons (Fsp3) is 0.0714. The molecular formula is C56H44N2. The lowest BCUT2D eigenvalue weighted by molar-refractivity contribution is 0.770. The van der Waals surface area contributed by atoms with E-state index in [2.05, 4.69) is 243 Å². The van der Waals surface area contributed by atoms with Crippen LogP contribution in [0.2, 0.25) is 0 Å². The Morgan fingerprint density at radius 1 is 0.328 bits per heavy atom. The fourth-order valence-corrected chi connectivity index (χ4v) is 9.10. The van der Waals surface area contributed by atoms with Crippen molar-refractivity contribution in [3.63, 3.8) is 0 Å². The highest BCUT2D eigenvalue weighted by Crippen LogP contribution is 2.61. The molecule has 0 amide bonds. The van der Waals surface area contributed by atoms with Gasteiger partial charge in [-0.15, -0.1) is 0 Å². The van der Waals surface area contributed by atoms with Gasteiger partial charge >= 0.3 is 0 Å². The van der Waals surface area contributed by atoms with Crippen LogP contribution in [0.4, 0.5) is 34.1 Å². The molecule has 1 unspecified atom stereocenters. The van der Waals surface area contributed by atoms with Gasteiger partial charge in [-0.1, -0.05) is 162 Å². The third-order valence-electron chi connectivity index (χ3n) is 11.9. The molecule has 0 N–H and O–H groups in total. The Kier molecular flexibility index (Phi) is 8.76. The van der Waals surface area contributed by atoms with Gasteiger partial charge in [-0.05, 0) is 126 Å². The van der Waals surface area contributed by atoms with Crippen molar-refractivity contribution in [2.75, 3.05) is 9.80 Å². The number of anilines is 6. The van der Waals surface area contributed by atoms with Crippen molar-refractivity contribution in [2.24, 2.45) is 0 Å². The normalized spacial score (nSPS) is 14.2. The highest BCUT2D eigenvalue weighted by molar-refractivity contribution is 6.00. The molecule has 10 rings (SSSR count). The second-order valence-electron chi connectivity index (χ2n) is 15.6. The number of hydrogen-bond donors (Lipinski definition) is 0. The monoisotopic (exact) mass is 744 g/mol. The van der Waals surface area contributed by atoms with Crippen molar-refractivity contribution in [3.05, 3.63) is 251 Å².